The third-order valence-corrected chi connectivity index (χ3v) is 4.46. The van der Waals surface area contributed by atoms with Gasteiger partial charge in [-0.05, 0) is 56.2 Å². The molecule has 4 heteroatoms. The highest BCUT2D eigenvalue weighted by molar-refractivity contribution is 6.30. The molecule has 3 nitrogen and oxygen atoms in total. The molecule has 25 heavy (non-hydrogen) atoms. The molecule has 1 aromatic heterocycles. The van der Waals surface area contributed by atoms with Crippen LogP contribution in [0.1, 0.15) is 37.9 Å². The number of nitrogens with zero attached hydrogens (tertiary/aromatic N) is 2. The molecular formula is C21H24ClN3. The van der Waals surface area contributed by atoms with Gasteiger partial charge in [0.05, 0.1) is 11.4 Å². The first-order valence-electron chi connectivity index (χ1n) is 8.19. The number of nitrogens with two attached hydrogens (primary N) is 1. The van der Waals surface area contributed by atoms with Crippen molar-refractivity contribution in [1.29, 1.82) is 0 Å². The Labute approximate surface area is 155 Å². The largest absolute Gasteiger partial charge is 0.398 e. The van der Waals surface area contributed by atoms with Crippen LogP contribution in [0.2, 0.25) is 5.02 Å². The molecule has 0 bridgehead atoms. The molecular weight excluding hydrogens is 330 g/mol. The third kappa shape index (κ3) is 4.58. The van der Waals surface area contributed by atoms with Gasteiger partial charge in [-0.25, -0.2) is 0 Å². The Bertz CT molecular complexity index is 832. The van der Waals surface area contributed by atoms with E-state index in [-0.39, 0.29) is 5.92 Å². The van der Waals surface area contributed by atoms with Gasteiger partial charge in [-0.2, -0.15) is 0 Å². The van der Waals surface area contributed by atoms with E-state index < -0.39 is 0 Å². The zero-order valence-corrected chi connectivity index (χ0v) is 15.9. The molecule has 2 N–H and O–H groups in total. The second kappa shape index (κ2) is 8.13. The van der Waals surface area contributed by atoms with Crippen LogP contribution in [0.25, 0.3) is 0 Å². The second-order valence-corrected chi connectivity index (χ2v) is 6.62. The number of aryl methyl sites for hydroxylation is 1. The lowest BCUT2D eigenvalue weighted by molar-refractivity contribution is 0.913. The molecule has 1 heterocycles. The zero-order chi connectivity index (χ0) is 18.6. The predicted molar refractivity (Wildman–Crippen MR) is 108 cm³/mol. The van der Waals surface area contributed by atoms with Crippen molar-refractivity contribution in [2.45, 2.75) is 33.6 Å². The molecule has 1 unspecified atom stereocenters. The summed E-state index contributed by atoms with van der Waals surface area (Å²) in [6.07, 6.45) is 1.76. The summed E-state index contributed by atoms with van der Waals surface area (Å²) in [5.74, 6) is 0.0645. The van der Waals surface area contributed by atoms with Crippen LogP contribution in [-0.2, 0) is 0 Å². The van der Waals surface area contributed by atoms with Gasteiger partial charge in [-0.3, -0.25) is 9.98 Å². The number of pyridine rings is 1. The van der Waals surface area contributed by atoms with E-state index in [1.165, 1.54) is 0 Å². The fourth-order valence-corrected chi connectivity index (χ4v) is 2.85. The van der Waals surface area contributed by atoms with Gasteiger partial charge in [0, 0.05) is 34.1 Å². The second-order valence-electron chi connectivity index (χ2n) is 6.19. The molecule has 0 saturated heterocycles. The van der Waals surface area contributed by atoms with E-state index in [1.54, 1.807) is 6.20 Å². The Balaban J connectivity index is 2.54. The number of aliphatic imine (C=N–C) groups is 1. The van der Waals surface area contributed by atoms with Gasteiger partial charge in [-0.15, -0.1) is 0 Å². The molecule has 0 fully saturated rings. The number of hydrogen-bond donors (Lipinski definition) is 1. The maximum Gasteiger partial charge on any atom is 0.0845 e. The molecule has 0 radical (unpaired) electrons. The molecule has 1 aromatic carbocycles. The van der Waals surface area contributed by atoms with Crippen LogP contribution in [0.4, 0.5) is 5.69 Å². The summed E-state index contributed by atoms with van der Waals surface area (Å²) in [5, 5.41) is 0.714. The fraction of sp³-hybridized carbons (Fsp3) is 0.238. The average molecular weight is 354 g/mol. The van der Waals surface area contributed by atoms with E-state index in [0.29, 0.717) is 10.7 Å². The normalized spacial score (nSPS) is 14.0. The van der Waals surface area contributed by atoms with Crippen LogP contribution in [0.5, 0.6) is 0 Å². The molecule has 0 aliphatic carbocycles. The summed E-state index contributed by atoms with van der Waals surface area (Å²) >= 11 is 6.01. The van der Waals surface area contributed by atoms with Crippen molar-refractivity contribution in [3.8, 4) is 0 Å². The number of rotatable bonds is 5. The number of hydrogen-bond acceptors (Lipinski definition) is 3. The van der Waals surface area contributed by atoms with Crippen molar-refractivity contribution in [2.75, 3.05) is 0 Å². The van der Waals surface area contributed by atoms with E-state index in [4.69, 9.17) is 22.3 Å². The lowest BCUT2D eigenvalue weighted by Crippen LogP contribution is -2.15. The molecule has 0 amide bonds. The van der Waals surface area contributed by atoms with E-state index in [0.717, 1.165) is 33.8 Å². The highest BCUT2D eigenvalue weighted by Gasteiger charge is 2.18. The standard InChI is InChI=1S/C21H24ClN3/c1-13(2)21(23)20(14(3)17-8-10-18(22)11-9-17)16(5)25-19-7-6-12-24-15(19)4/h6-12,14H,1,23H2,2-5H3. The van der Waals surface area contributed by atoms with Crippen LogP contribution in [-0.4, -0.2) is 10.7 Å². The van der Waals surface area contributed by atoms with E-state index in [2.05, 4.69) is 18.5 Å². The summed E-state index contributed by atoms with van der Waals surface area (Å²) in [6, 6.07) is 11.6. The van der Waals surface area contributed by atoms with Crippen molar-refractivity contribution >= 4 is 23.0 Å². The molecule has 0 aliphatic heterocycles. The van der Waals surface area contributed by atoms with E-state index >= 15 is 0 Å². The van der Waals surface area contributed by atoms with E-state index in [1.807, 2.05) is 57.2 Å². The summed E-state index contributed by atoms with van der Waals surface area (Å²) < 4.78 is 0. The Kier molecular flexibility index (Phi) is 6.16. The van der Waals surface area contributed by atoms with Crippen molar-refractivity contribution in [3.63, 3.8) is 0 Å². The third-order valence-electron chi connectivity index (χ3n) is 4.21. The van der Waals surface area contributed by atoms with E-state index in [9.17, 15) is 0 Å². The average Bonchev–Trinajstić information content (AvgIpc) is 2.57. The lowest BCUT2D eigenvalue weighted by Gasteiger charge is -2.20. The van der Waals surface area contributed by atoms with Crippen LogP contribution in [0, 0.1) is 6.92 Å². The highest BCUT2D eigenvalue weighted by Crippen LogP contribution is 2.30. The van der Waals surface area contributed by atoms with Gasteiger partial charge in [0.15, 0.2) is 0 Å². The summed E-state index contributed by atoms with van der Waals surface area (Å²) in [4.78, 5) is 9.07. The Morgan fingerprint density at radius 3 is 2.40 bits per heavy atom. The van der Waals surface area contributed by atoms with Crippen LogP contribution in [0.3, 0.4) is 0 Å². The number of halogens is 1. The van der Waals surface area contributed by atoms with Crippen molar-refractivity contribution < 1.29 is 0 Å². The Hall–Kier alpha value is -2.39. The molecule has 130 valence electrons. The molecule has 2 aromatic rings. The maximum atomic E-state index is 6.38. The molecule has 0 aliphatic rings. The van der Waals surface area contributed by atoms with Gasteiger partial charge in [0.1, 0.15) is 0 Å². The first-order chi connectivity index (χ1) is 11.8. The summed E-state index contributed by atoms with van der Waals surface area (Å²) in [6.45, 7) is 11.9. The molecule has 2 rings (SSSR count). The van der Waals surface area contributed by atoms with Gasteiger partial charge >= 0.3 is 0 Å². The van der Waals surface area contributed by atoms with Crippen LogP contribution in [0.15, 0.2) is 71.0 Å². The number of aromatic nitrogens is 1. The molecule has 1 atom stereocenters. The van der Waals surface area contributed by atoms with Crippen molar-refractivity contribution in [2.24, 2.45) is 10.7 Å². The summed E-state index contributed by atoms with van der Waals surface area (Å²) in [7, 11) is 0. The molecule has 0 spiro atoms. The minimum atomic E-state index is 0.0645. The van der Waals surface area contributed by atoms with Gasteiger partial charge in [0.25, 0.3) is 0 Å². The zero-order valence-electron chi connectivity index (χ0n) is 15.2. The fourth-order valence-electron chi connectivity index (χ4n) is 2.72. The van der Waals surface area contributed by atoms with Crippen LogP contribution < -0.4 is 5.73 Å². The van der Waals surface area contributed by atoms with Gasteiger partial charge in [-0.1, -0.05) is 37.2 Å². The van der Waals surface area contributed by atoms with Crippen LogP contribution >= 0.6 is 11.6 Å². The predicted octanol–water partition coefficient (Wildman–Crippen LogP) is 5.73. The SMILES string of the molecule is C=C(C)C(N)=C(C(C)=Nc1cccnc1C)C(C)c1ccc(Cl)cc1. The minimum absolute atomic E-state index is 0.0645. The quantitative estimate of drug-likeness (QED) is 0.551. The first kappa shape index (κ1) is 18.9. The number of allylic oxidation sites excluding steroid dienone is 2. The highest BCUT2D eigenvalue weighted by atomic mass is 35.5. The monoisotopic (exact) mass is 353 g/mol. The maximum absolute atomic E-state index is 6.38. The number of benzene rings is 1. The minimum Gasteiger partial charge on any atom is -0.398 e. The molecule has 0 saturated carbocycles. The van der Waals surface area contributed by atoms with Gasteiger partial charge in [0.2, 0.25) is 0 Å². The Morgan fingerprint density at radius 2 is 1.84 bits per heavy atom. The Morgan fingerprint density at radius 1 is 1.20 bits per heavy atom. The summed E-state index contributed by atoms with van der Waals surface area (Å²) in [5.41, 5.74) is 12.6. The van der Waals surface area contributed by atoms with Crippen molar-refractivity contribution in [1.82, 2.24) is 4.98 Å². The smallest absolute Gasteiger partial charge is 0.0845 e. The lowest BCUT2D eigenvalue weighted by atomic mass is 9.87. The first-order valence-corrected chi connectivity index (χ1v) is 8.57. The van der Waals surface area contributed by atoms with Gasteiger partial charge < -0.3 is 5.73 Å². The van der Waals surface area contributed by atoms with Crippen molar-refractivity contribution in [3.05, 3.63) is 82.3 Å². The topological polar surface area (TPSA) is 51.3 Å².